The minimum absolute atomic E-state index is 0.00312. The van der Waals surface area contributed by atoms with Crippen LogP contribution in [-0.2, 0) is 9.59 Å². The van der Waals surface area contributed by atoms with Gasteiger partial charge in [0.25, 0.3) is 5.91 Å². The molecule has 120 valence electrons. The summed E-state index contributed by atoms with van der Waals surface area (Å²) in [6.07, 6.45) is 1.78. The molecule has 0 saturated carbocycles. The summed E-state index contributed by atoms with van der Waals surface area (Å²) in [5.41, 5.74) is 6.43. The number of nitrogens with one attached hydrogen (secondary N) is 2. The maximum Gasteiger partial charge on any atom is 0.275 e. The van der Waals surface area contributed by atoms with E-state index in [2.05, 4.69) is 21.2 Å². The van der Waals surface area contributed by atoms with E-state index < -0.39 is 0 Å². The molecular weight excluding hydrogens is 346 g/mol. The first-order valence-electron chi connectivity index (χ1n) is 7.64. The van der Waals surface area contributed by atoms with Gasteiger partial charge in [-0.15, -0.1) is 0 Å². The fourth-order valence-electron chi connectivity index (χ4n) is 2.98. The van der Waals surface area contributed by atoms with Crippen LogP contribution in [0.3, 0.4) is 0 Å². The van der Waals surface area contributed by atoms with Gasteiger partial charge >= 0.3 is 0 Å². The molecule has 1 fully saturated rings. The first-order valence-corrected chi connectivity index (χ1v) is 8.43. The molecule has 0 aromatic heterocycles. The van der Waals surface area contributed by atoms with Crippen LogP contribution < -0.4 is 16.0 Å². The summed E-state index contributed by atoms with van der Waals surface area (Å²) in [5.74, 6) is -0.347. The number of rotatable bonds is 5. The Kier molecular flexibility index (Phi) is 5.97. The molecule has 0 radical (unpaired) electrons. The fourth-order valence-corrected chi connectivity index (χ4v) is 3.61. The van der Waals surface area contributed by atoms with Crippen LogP contribution in [0.25, 0.3) is 0 Å². The quantitative estimate of drug-likeness (QED) is 0.703. The number of piperidine rings is 1. The predicted octanol–water partition coefficient (Wildman–Crippen LogP) is 0.407. The van der Waals surface area contributed by atoms with Crippen LogP contribution in [0.5, 0.6) is 0 Å². The highest BCUT2D eigenvalue weighted by atomic mass is 79.9. The molecule has 1 aromatic carbocycles. The number of hydrogen-bond acceptors (Lipinski definition) is 2. The van der Waals surface area contributed by atoms with Crippen molar-refractivity contribution in [2.75, 3.05) is 19.6 Å². The van der Waals surface area contributed by atoms with Gasteiger partial charge in [-0.25, -0.2) is 0 Å². The van der Waals surface area contributed by atoms with Crippen molar-refractivity contribution in [1.82, 2.24) is 5.32 Å². The molecule has 1 saturated heterocycles. The van der Waals surface area contributed by atoms with Gasteiger partial charge in [-0.05, 0) is 31.4 Å². The van der Waals surface area contributed by atoms with Gasteiger partial charge in [-0.3, -0.25) is 9.59 Å². The molecule has 4 N–H and O–H groups in total. The molecule has 2 rings (SSSR count). The molecule has 6 heteroatoms. The molecule has 0 bridgehead atoms. The Morgan fingerprint density at radius 3 is 2.86 bits per heavy atom. The minimum Gasteiger partial charge on any atom is -0.369 e. The molecule has 2 amide bonds. The van der Waals surface area contributed by atoms with Crippen molar-refractivity contribution in [2.45, 2.75) is 25.8 Å². The van der Waals surface area contributed by atoms with Gasteiger partial charge in [-0.1, -0.05) is 34.1 Å². The highest BCUT2D eigenvalue weighted by Crippen LogP contribution is 2.22. The fraction of sp³-hybridized carbons (Fsp3) is 0.500. The Labute approximate surface area is 139 Å². The summed E-state index contributed by atoms with van der Waals surface area (Å²) in [6, 6.07) is 7.80. The summed E-state index contributed by atoms with van der Waals surface area (Å²) in [7, 11) is 0. The number of quaternary nitrogens is 1. The number of hydrogen-bond donors (Lipinski definition) is 3. The van der Waals surface area contributed by atoms with Gasteiger partial charge < -0.3 is 16.0 Å². The second-order valence-corrected chi connectivity index (χ2v) is 6.79. The van der Waals surface area contributed by atoms with Gasteiger partial charge in [-0.2, -0.15) is 0 Å². The van der Waals surface area contributed by atoms with Crippen molar-refractivity contribution in [3.05, 3.63) is 34.3 Å². The maximum absolute atomic E-state index is 12.2. The van der Waals surface area contributed by atoms with Crippen LogP contribution >= 0.6 is 15.9 Å². The van der Waals surface area contributed by atoms with Crippen LogP contribution in [0.2, 0.25) is 0 Å². The summed E-state index contributed by atoms with van der Waals surface area (Å²) in [4.78, 5) is 24.6. The number of nitrogens with two attached hydrogens (primary N) is 1. The lowest BCUT2D eigenvalue weighted by molar-refractivity contribution is -0.899. The van der Waals surface area contributed by atoms with Crippen LogP contribution in [-0.4, -0.2) is 31.4 Å². The van der Waals surface area contributed by atoms with Gasteiger partial charge in [0.05, 0.1) is 25.0 Å². The van der Waals surface area contributed by atoms with Crippen LogP contribution in [0.1, 0.15) is 31.4 Å². The molecule has 1 aliphatic rings. The van der Waals surface area contributed by atoms with E-state index in [0.29, 0.717) is 13.1 Å². The Balaban J connectivity index is 1.87. The number of primary amides is 1. The van der Waals surface area contributed by atoms with Crippen molar-refractivity contribution >= 4 is 27.7 Å². The minimum atomic E-state index is -0.251. The zero-order valence-corrected chi connectivity index (χ0v) is 14.4. The third-order valence-corrected chi connectivity index (χ3v) is 4.90. The molecule has 1 heterocycles. The molecular formula is C16H23BrN3O2+. The van der Waals surface area contributed by atoms with Crippen molar-refractivity contribution in [3.63, 3.8) is 0 Å². The Morgan fingerprint density at radius 1 is 1.45 bits per heavy atom. The summed E-state index contributed by atoms with van der Waals surface area (Å²) >= 11 is 3.50. The highest BCUT2D eigenvalue weighted by molar-refractivity contribution is 9.10. The molecule has 0 spiro atoms. The zero-order valence-electron chi connectivity index (χ0n) is 12.8. The van der Waals surface area contributed by atoms with Crippen molar-refractivity contribution in [1.29, 1.82) is 0 Å². The molecule has 5 nitrogen and oxygen atoms in total. The number of likely N-dealkylation sites (tertiary alicyclic amines) is 1. The van der Waals surface area contributed by atoms with E-state index in [0.717, 1.165) is 34.3 Å². The van der Waals surface area contributed by atoms with E-state index in [1.54, 1.807) is 0 Å². The lowest BCUT2D eigenvalue weighted by Gasteiger charge is -2.28. The lowest BCUT2D eigenvalue weighted by atomic mass is 9.97. The largest absolute Gasteiger partial charge is 0.369 e. The van der Waals surface area contributed by atoms with Crippen LogP contribution in [0.4, 0.5) is 0 Å². The number of halogens is 1. The van der Waals surface area contributed by atoms with E-state index in [1.165, 1.54) is 0 Å². The molecule has 1 unspecified atom stereocenters. The smallest absolute Gasteiger partial charge is 0.275 e. The van der Waals surface area contributed by atoms with E-state index >= 15 is 0 Å². The first-order chi connectivity index (χ1) is 10.5. The van der Waals surface area contributed by atoms with Gasteiger partial charge in [0.15, 0.2) is 6.54 Å². The van der Waals surface area contributed by atoms with Gasteiger partial charge in [0, 0.05) is 4.47 Å². The average molecular weight is 369 g/mol. The third kappa shape index (κ3) is 4.55. The number of carbonyl (C=O) groups is 2. The monoisotopic (exact) mass is 368 g/mol. The Morgan fingerprint density at radius 2 is 2.18 bits per heavy atom. The number of benzene rings is 1. The average Bonchev–Trinajstić information content (AvgIpc) is 2.47. The van der Waals surface area contributed by atoms with E-state index in [4.69, 9.17) is 5.73 Å². The normalized spacial score (nSPS) is 22.8. The predicted molar refractivity (Wildman–Crippen MR) is 88.2 cm³/mol. The van der Waals surface area contributed by atoms with Crippen molar-refractivity contribution < 1.29 is 14.5 Å². The zero-order chi connectivity index (χ0) is 16.1. The summed E-state index contributed by atoms with van der Waals surface area (Å²) in [5, 5.41) is 3.02. The standard InChI is InChI=1S/C16H22BrN3O2/c1-11(13-6-2-3-7-14(13)17)19-15(21)10-20-8-4-5-12(9-20)16(18)22/h2-3,6-7,11-12H,4-5,8-10H2,1H3,(H2,18,22)(H,19,21)/p+1/t11-,12+/m1/s1. The maximum atomic E-state index is 12.2. The summed E-state index contributed by atoms with van der Waals surface area (Å²) in [6.45, 7) is 3.93. The second-order valence-electron chi connectivity index (χ2n) is 5.93. The van der Waals surface area contributed by atoms with Crippen LogP contribution in [0.15, 0.2) is 28.7 Å². The van der Waals surface area contributed by atoms with Gasteiger partial charge in [0.2, 0.25) is 5.91 Å². The van der Waals surface area contributed by atoms with E-state index in [-0.39, 0.29) is 23.8 Å². The Hall–Kier alpha value is -1.40. The SMILES string of the molecule is C[C@@H](NC(=O)C[NH+]1CCC[C@H](C(N)=O)C1)c1ccccc1Br. The second kappa shape index (κ2) is 7.74. The molecule has 0 aliphatic carbocycles. The van der Waals surface area contributed by atoms with Gasteiger partial charge in [0.1, 0.15) is 0 Å². The molecule has 1 aliphatic heterocycles. The molecule has 22 heavy (non-hydrogen) atoms. The van der Waals surface area contributed by atoms with Crippen LogP contribution in [0, 0.1) is 5.92 Å². The topological polar surface area (TPSA) is 76.6 Å². The molecule has 3 atom stereocenters. The van der Waals surface area contributed by atoms with E-state index in [9.17, 15) is 9.59 Å². The lowest BCUT2D eigenvalue weighted by Crippen LogP contribution is -3.15. The van der Waals surface area contributed by atoms with Crippen molar-refractivity contribution in [2.24, 2.45) is 11.7 Å². The van der Waals surface area contributed by atoms with Crippen molar-refractivity contribution in [3.8, 4) is 0 Å². The third-order valence-electron chi connectivity index (χ3n) is 4.18. The number of amides is 2. The highest BCUT2D eigenvalue weighted by Gasteiger charge is 2.28. The molecule has 1 aromatic rings. The van der Waals surface area contributed by atoms with E-state index in [1.807, 2.05) is 31.2 Å². The number of carbonyl (C=O) groups excluding carboxylic acids is 2. The Bertz CT molecular complexity index is 550. The first kappa shape index (κ1) is 17.0. The summed E-state index contributed by atoms with van der Waals surface area (Å²) < 4.78 is 0.988.